The average molecular weight is 302 g/mol. The molecule has 3 aromatic rings. The van der Waals surface area contributed by atoms with Gasteiger partial charge in [0.2, 0.25) is 0 Å². The highest BCUT2D eigenvalue weighted by molar-refractivity contribution is 6.30. The maximum Gasteiger partial charge on any atom is 0.199 e. The molecule has 0 atom stereocenters. The number of nitrogens with zero attached hydrogens (tertiary/aromatic N) is 2. The summed E-state index contributed by atoms with van der Waals surface area (Å²) in [4.78, 5) is 6.34. The van der Waals surface area contributed by atoms with Crippen LogP contribution in [0.2, 0.25) is 5.22 Å². The molecule has 108 valence electrons. The van der Waals surface area contributed by atoms with E-state index in [1.54, 1.807) is 6.20 Å². The highest BCUT2D eigenvalue weighted by Crippen LogP contribution is 2.31. The summed E-state index contributed by atoms with van der Waals surface area (Å²) < 4.78 is 5.56. The predicted octanol–water partition coefficient (Wildman–Crippen LogP) is 4.16. The highest BCUT2D eigenvalue weighted by atomic mass is 35.5. The minimum atomic E-state index is 0.430. The van der Waals surface area contributed by atoms with Crippen LogP contribution in [0.25, 0.3) is 11.0 Å². The molecule has 0 aliphatic rings. The maximum atomic E-state index is 6.20. The molecular weight excluding hydrogens is 286 g/mol. The Balaban J connectivity index is 1.89. The van der Waals surface area contributed by atoms with Gasteiger partial charge in [0.15, 0.2) is 11.0 Å². The van der Waals surface area contributed by atoms with Gasteiger partial charge in [-0.25, -0.2) is 4.98 Å². The normalized spacial score (nSPS) is 10.8. The van der Waals surface area contributed by atoms with Crippen molar-refractivity contribution in [1.29, 1.82) is 0 Å². The molecule has 0 amide bonds. The van der Waals surface area contributed by atoms with Gasteiger partial charge in [-0.1, -0.05) is 18.2 Å². The molecule has 1 aromatic carbocycles. The van der Waals surface area contributed by atoms with E-state index in [1.165, 1.54) is 0 Å². The smallest absolute Gasteiger partial charge is 0.199 e. The number of hydrogen-bond donors (Lipinski definition) is 1. The van der Waals surface area contributed by atoms with Gasteiger partial charge in [-0.05, 0) is 29.8 Å². The topological polar surface area (TPSA) is 41.3 Å². The first-order valence-corrected chi connectivity index (χ1v) is 7.06. The Hall–Kier alpha value is -2.20. The Morgan fingerprint density at radius 2 is 2.00 bits per heavy atom. The van der Waals surface area contributed by atoms with E-state index in [-0.39, 0.29) is 0 Å². The second kappa shape index (κ2) is 5.66. The number of pyridine rings is 1. The van der Waals surface area contributed by atoms with Crippen LogP contribution < -0.4 is 10.2 Å². The molecule has 2 heterocycles. The number of nitrogens with one attached hydrogen (secondary N) is 1. The van der Waals surface area contributed by atoms with Gasteiger partial charge >= 0.3 is 0 Å². The van der Waals surface area contributed by atoms with Gasteiger partial charge in [-0.15, -0.1) is 0 Å². The quantitative estimate of drug-likeness (QED) is 0.785. The van der Waals surface area contributed by atoms with Gasteiger partial charge in [-0.2, -0.15) is 0 Å². The first-order chi connectivity index (χ1) is 10.2. The molecule has 5 heteroatoms. The zero-order valence-corrected chi connectivity index (χ0v) is 12.7. The van der Waals surface area contributed by atoms with Crippen molar-refractivity contribution in [2.24, 2.45) is 0 Å². The van der Waals surface area contributed by atoms with E-state index in [4.69, 9.17) is 16.0 Å². The first kappa shape index (κ1) is 13.8. The molecule has 0 saturated heterocycles. The summed E-state index contributed by atoms with van der Waals surface area (Å²) in [6, 6.07) is 11.7. The first-order valence-electron chi connectivity index (χ1n) is 6.69. The number of para-hydroxylation sites is 1. The Labute approximate surface area is 128 Å². The zero-order valence-electron chi connectivity index (χ0n) is 11.9. The maximum absolute atomic E-state index is 6.20. The Bertz CT molecular complexity index is 767. The molecule has 0 radical (unpaired) electrons. The average Bonchev–Trinajstić information content (AvgIpc) is 2.81. The molecule has 0 saturated carbocycles. The van der Waals surface area contributed by atoms with Crippen LogP contribution in [-0.4, -0.2) is 19.1 Å². The SMILES string of the molecule is CN(C)c1ncccc1NCc1c(Cl)oc2ccccc12. The van der Waals surface area contributed by atoms with E-state index in [2.05, 4.69) is 10.3 Å². The van der Waals surface area contributed by atoms with Crippen molar-refractivity contribution in [2.45, 2.75) is 6.54 Å². The molecule has 3 rings (SSSR count). The van der Waals surface area contributed by atoms with Crippen molar-refractivity contribution in [3.63, 3.8) is 0 Å². The number of halogens is 1. The molecular formula is C16H16ClN3O. The fraction of sp³-hybridized carbons (Fsp3) is 0.188. The lowest BCUT2D eigenvalue weighted by atomic mass is 10.2. The largest absolute Gasteiger partial charge is 0.444 e. The van der Waals surface area contributed by atoms with Gasteiger partial charge in [0.05, 0.1) is 5.69 Å². The third-order valence-electron chi connectivity index (χ3n) is 3.31. The third kappa shape index (κ3) is 2.67. The van der Waals surface area contributed by atoms with E-state index < -0.39 is 0 Å². The lowest BCUT2D eigenvalue weighted by Crippen LogP contribution is -2.13. The van der Waals surface area contributed by atoms with E-state index in [0.717, 1.165) is 28.0 Å². The highest BCUT2D eigenvalue weighted by Gasteiger charge is 2.13. The summed E-state index contributed by atoms with van der Waals surface area (Å²) in [6.45, 7) is 0.586. The van der Waals surface area contributed by atoms with Crippen molar-refractivity contribution in [2.75, 3.05) is 24.3 Å². The van der Waals surface area contributed by atoms with Crippen LogP contribution in [0.15, 0.2) is 47.0 Å². The van der Waals surface area contributed by atoms with Crippen molar-refractivity contribution in [1.82, 2.24) is 4.98 Å². The van der Waals surface area contributed by atoms with Gasteiger partial charge in [0, 0.05) is 37.8 Å². The van der Waals surface area contributed by atoms with Crippen molar-refractivity contribution >= 4 is 34.1 Å². The summed E-state index contributed by atoms with van der Waals surface area (Å²) in [6.07, 6.45) is 1.78. The summed E-state index contributed by atoms with van der Waals surface area (Å²) in [5.41, 5.74) is 2.72. The van der Waals surface area contributed by atoms with E-state index >= 15 is 0 Å². The van der Waals surface area contributed by atoms with Crippen molar-refractivity contribution in [3.8, 4) is 0 Å². The molecule has 2 aromatic heterocycles. The van der Waals surface area contributed by atoms with Gasteiger partial charge in [0.1, 0.15) is 5.58 Å². The minimum absolute atomic E-state index is 0.430. The van der Waals surface area contributed by atoms with E-state index in [0.29, 0.717) is 11.8 Å². The summed E-state index contributed by atoms with van der Waals surface area (Å²) in [7, 11) is 3.93. The minimum Gasteiger partial charge on any atom is -0.444 e. The standard InChI is InChI=1S/C16H16ClN3O/c1-20(2)16-13(7-5-9-18-16)19-10-12-11-6-3-4-8-14(11)21-15(12)17/h3-9,19H,10H2,1-2H3. The van der Waals surface area contributed by atoms with Gasteiger partial charge < -0.3 is 14.6 Å². The second-order valence-corrected chi connectivity index (χ2v) is 5.32. The molecule has 0 unspecified atom stereocenters. The van der Waals surface area contributed by atoms with Gasteiger partial charge in [0.25, 0.3) is 0 Å². The third-order valence-corrected chi connectivity index (χ3v) is 3.62. The van der Waals surface area contributed by atoms with Crippen LogP contribution in [0.5, 0.6) is 0 Å². The number of benzene rings is 1. The van der Waals surface area contributed by atoms with Crippen LogP contribution in [0.1, 0.15) is 5.56 Å². The summed E-state index contributed by atoms with van der Waals surface area (Å²) in [5.74, 6) is 0.890. The number of anilines is 2. The van der Waals surface area contributed by atoms with Crippen LogP contribution >= 0.6 is 11.6 Å². The summed E-state index contributed by atoms with van der Waals surface area (Å²) >= 11 is 6.20. The van der Waals surface area contributed by atoms with Crippen molar-refractivity contribution in [3.05, 3.63) is 53.4 Å². The number of fused-ring (bicyclic) bond motifs is 1. The molecule has 0 bridgehead atoms. The van der Waals surface area contributed by atoms with E-state index in [9.17, 15) is 0 Å². The Morgan fingerprint density at radius 3 is 2.81 bits per heavy atom. The van der Waals surface area contributed by atoms with Crippen LogP contribution in [0.3, 0.4) is 0 Å². The predicted molar refractivity (Wildman–Crippen MR) is 87.1 cm³/mol. The number of hydrogen-bond acceptors (Lipinski definition) is 4. The van der Waals surface area contributed by atoms with Crippen LogP contribution in [-0.2, 0) is 6.54 Å². The Morgan fingerprint density at radius 1 is 1.19 bits per heavy atom. The van der Waals surface area contributed by atoms with Crippen LogP contribution in [0, 0.1) is 0 Å². The number of rotatable bonds is 4. The number of aromatic nitrogens is 1. The second-order valence-electron chi connectivity index (χ2n) is 4.97. The van der Waals surface area contributed by atoms with Crippen LogP contribution in [0.4, 0.5) is 11.5 Å². The summed E-state index contributed by atoms with van der Waals surface area (Å²) in [5, 5.41) is 4.84. The fourth-order valence-electron chi connectivity index (χ4n) is 2.31. The monoisotopic (exact) mass is 301 g/mol. The molecule has 4 nitrogen and oxygen atoms in total. The fourth-order valence-corrected chi connectivity index (χ4v) is 2.56. The van der Waals surface area contributed by atoms with Gasteiger partial charge in [-0.3, -0.25) is 0 Å². The molecule has 0 aliphatic carbocycles. The van der Waals surface area contributed by atoms with Crippen molar-refractivity contribution < 1.29 is 4.42 Å². The number of furan rings is 1. The molecule has 0 aliphatic heterocycles. The molecule has 0 fully saturated rings. The Kier molecular flexibility index (Phi) is 3.71. The zero-order chi connectivity index (χ0) is 14.8. The lowest BCUT2D eigenvalue weighted by molar-refractivity contribution is 0.613. The molecule has 1 N–H and O–H groups in total. The molecule has 21 heavy (non-hydrogen) atoms. The molecule has 0 spiro atoms. The van der Waals surface area contributed by atoms with E-state index in [1.807, 2.05) is 55.4 Å². The lowest BCUT2D eigenvalue weighted by Gasteiger charge is -2.16.